The van der Waals surface area contributed by atoms with Crippen molar-refractivity contribution in [2.75, 3.05) is 18.4 Å². The van der Waals surface area contributed by atoms with Crippen LogP contribution in [0.4, 0.5) is 5.69 Å². The molecule has 1 saturated heterocycles. The highest BCUT2D eigenvalue weighted by atomic mass is 16.2. The van der Waals surface area contributed by atoms with Crippen LogP contribution in [0, 0.1) is 5.92 Å². The van der Waals surface area contributed by atoms with Gasteiger partial charge < -0.3 is 15.5 Å². The molecule has 6 nitrogen and oxygen atoms in total. The minimum Gasteiger partial charge on any atom is -0.353 e. The van der Waals surface area contributed by atoms with Crippen LogP contribution in [0.15, 0.2) is 24.3 Å². The maximum atomic E-state index is 12.6. The van der Waals surface area contributed by atoms with Gasteiger partial charge in [-0.3, -0.25) is 14.4 Å². The van der Waals surface area contributed by atoms with Gasteiger partial charge >= 0.3 is 0 Å². The minimum atomic E-state index is -0.134. The normalized spacial score (nSPS) is 18.4. The number of hydrogen-bond acceptors (Lipinski definition) is 3. The van der Waals surface area contributed by atoms with Crippen LogP contribution in [-0.2, 0) is 9.59 Å². The van der Waals surface area contributed by atoms with Gasteiger partial charge in [-0.05, 0) is 49.9 Å². The first-order chi connectivity index (χ1) is 12.0. The van der Waals surface area contributed by atoms with Gasteiger partial charge in [0.15, 0.2) is 0 Å². The average molecular weight is 343 g/mol. The number of carbonyl (C=O) groups is 3. The highest BCUT2D eigenvalue weighted by Gasteiger charge is 2.29. The maximum absolute atomic E-state index is 12.6. The summed E-state index contributed by atoms with van der Waals surface area (Å²) in [7, 11) is 0. The first-order valence-electron chi connectivity index (χ1n) is 9.00. The molecule has 1 aromatic carbocycles. The first-order valence-corrected chi connectivity index (χ1v) is 9.00. The van der Waals surface area contributed by atoms with Gasteiger partial charge in [-0.25, -0.2) is 0 Å². The van der Waals surface area contributed by atoms with Gasteiger partial charge in [-0.2, -0.15) is 0 Å². The van der Waals surface area contributed by atoms with Gasteiger partial charge in [0.25, 0.3) is 5.91 Å². The van der Waals surface area contributed by atoms with Crippen LogP contribution >= 0.6 is 0 Å². The fraction of sp³-hybridized carbons (Fsp3) is 0.526. The first kappa shape index (κ1) is 17.5. The maximum Gasteiger partial charge on any atom is 0.253 e. The number of carbonyl (C=O) groups excluding carboxylic acids is 3. The molecular weight excluding hydrogens is 318 g/mol. The SMILES string of the molecule is CC(=O)Nc1ccc(C(=O)N2CCC(NC(=O)C3CCC3)CC2)cc1. The zero-order valence-corrected chi connectivity index (χ0v) is 14.6. The summed E-state index contributed by atoms with van der Waals surface area (Å²) >= 11 is 0. The third kappa shape index (κ3) is 4.38. The highest BCUT2D eigenvalue weighted by Crippen LogP contribution is 2.27. The lowest BCUT2D eigenvalue weighted by molar-refractivity contribution is -0.128. The third-order valence-corrected chi connectivity index (χ3v) is 5.06. The Morgan fingerprint density at radius 3 is 2.16 bits per heavy atom. The van der Waals surface area contributed by atoms with Crippen molar-refractivity contribution >= 4 is 23.4 Å². The van der Waals surface area contributed by atoms with E-state index >= 15 is 0 Å². The summed E-state index contributed by atoms with van der Waals surface area (Å²) in [5, 5.41) is 5.82. The highest BCUT2D eigenvalue weighted by molar-refractivity contribution is 5.95. The van der Waals surface area contributed by atoms with Crippen molar-refractivity contribution in [1.29, 1.82) is 0 Å². The Bertz CT molecular complexity index is 644. The molecule has 0 atom stereocenters. The number of nitrogens with zero attached hydrogens (tertiary/aromatic N) is 1. The Labute approximate surface area is 148 Å². The molecule has 1 aliphatic heterocycles. The van der Waals surface area contributed by atoms with Crippen molar-refractivity contribution in [2.24, 2.45) is 5.92 Å². The molecule has 0 spiro atoms. The summed E-state index contributed by atoms with van der Waals surface area (Å²) in [6.07, 6.45) is 4.78. The van der Waals surface area contributed by atoms with Gasteiger partial charge in [0.05, 0.1) is 0 Å². The Balaban J connectivity index is 1.49. The van der Waals surface area contributed by atoms with Crippen molar-refractivity contribution in [3.63, 3.8) is 0 Å². The lowest BCUT2D eigenvalue weighted by Gasteiger charge is -2.34. The summed E-state index contributed by atoms with van der Waals surface area (Å²) in [6.45, 7) is 2.76. The van der Waals surface area contributed by atoms with E-state index in [1.807, 2.05) is 4.90 Å². The zero-order valence-electron chi connectivity index (χ0n) is 14.6. The fourth-order valence-electron chi connectivity index (χ4n) is 3.30. The molecule has 1 heterocycles. The molecule has 134 valence electrons. The van der Waals surface area contributed by atoms with Crippen molar-refractivity contribution in [3.05, 3.63) is 29.8 Å². The topological polar surface area (TPSA) is 78.5 Å². The average Bonchev–Trinajstić information content (AvgIpc) is 2.53. The minimum absolute atomic E-state index is 0.00172. The largest absolute Gasteiger partial charge is 0.353 e. The molecule has 2 aliphatic rings. The summed E-state index contributed by atoms with van der Waals surface area (Å²) in [5.74, 6) is 0.259. The van der Waals surface area contributed by atoms with E-state index in [1.54, 1.807) is 24.3 Å². The number of likely N-dealkylation sites (tertiary alicyclic amines) is 1. The second-order valence-electron chi connectivity index (χ2n) is 6.96. The number of rotatable bonds is 4. The van der Waals surface area contributed by atoms with Crippen LogP contribution in [0.5, 0.6) is 0 Å². The molecule has 0 unspecified atom stereocenters. The van der Waals surface area contributed by atoms with Crippen molar-refractivity contribution in [2.45, 2.75) is 45.1 Å². The van der Waals surface area contributed by atoms with Crippen LogP contribution in [0.1, 0.15) is 49.4 Å². The Morgan fingerprint density at radius 1 is 1.00 bits per heavy atom. The summed E-state index contributed by atoms with van der Waals surface area (Å²) < 4.78 is 0. The molecular formula is C19H25N3O3. The second-order valence-corrected chi connectivity index (χ2v) is 6.96. The van der Waals surface area contributed by atoms with E-state index in [2.05, 4.69) is 10.6 Å². The Kier molecular flexibility index (Phi) is 5.36. The number of nitrogens with one attached hydrogen (secondary N) is 2. The van der Waals surface area contributed by atoms with Gasteiger partial charge in [-0.15, -0.1) is 0 Å². The van der Waals surface area contributed by atoms with E-state index in [9.17, 15) is 14.4 Å². The smallest absolute Gasteiger partial charge is 0.253 e. The van der Waals surface area contributed by atoms with E-state index < -0.39 is 0 Å². The quantitative estimate of drug-likeness (QED) is 0.879. The van der Waals surface area contributed by atoms with E-state index in [4.69, 9.17) is 0 Å². The van der Waals surface area contributed by atoms with Gasteiger partial charge in [0.1, 0.15) is 0 Å². The molecule has 6 heteroatoms. The lowest BCUT2D eigenvalue weighted by atomic mass is 9.84. The molecule has 3 amide bonds. The molecule has 3 rings (SSSR count). The standard InChI is InChI=1S/C19H25N3O3/c1-13(23)20-16-7-5-15(6-8-16)19(25)22-11-9-17(10-12-22)21-18(24)14-3-2-4-14/h5-8,14,17H,2-4,9-12H2,1H3,(H,20,23)(H,21,24). The van der Waals surface area contributed by atoms with E-state index in [0.29, 0.717) is 24.3 Å². The monoisotopic (exact) mass is 343 g/mol. The number of amides is 3. The molecule has 25 heavy (non-hydrogen) atoms. The lowest BCUT2D eigenvalue weighted by Crippen LogP contribution is -2.48. The molecule has 2 N–H and O–H groups in total. The molecule has 0 radical (unpaired) electrons. The molecule has 2 fully saturated rings. The Morgan fingerprint density at radius 2 is 1.64 bits per heavy atom. The van der Waals surface area contributed by atoms with Crippen molar-refractivity contribution < 1.29 is 14.4 Å². The van der Waals surface area contributed by atoms with E-state index in [-0.39, 0.29) is 29.7 Å². The number of anilines is 1. The predicted octanol–water partition coefficient (Wildman–Crippen LogP) is 2.17. The summed E-state index contributed by atoms with van der Waals surface area (Å²) in [4.78, 5) is 37.5. The molecule has 1 aliphatic carbocycles. The van der Waals surface area contributed by atoms with Gasteiger partial charge in [-0.1, -0.05) is 6.42 Å². The predicted molar refractivity (Wildman–Crippen MR) is 95.2 cm³/mol. The number of hydrogen-bond donors (Lipinski definition) is 2. The van der Waals surface area contributed by atoms with Crippen LogP contribution < -0.4 is 10.6 Å². The zero-order chi connectivity index (χ0) is 17.8. The van der Waals surface area contributed by atoms with Crippen molar-refractivity contribution in [1.82, 2.24) is 10.2 Å². The summed E-state index contributed by atoms with van der Waals surface area (Å²) in [5.41, 5.74) is 1.30. The van der Waals surface area contributed by atoms with Crippen molar-refractivity contribution in [3.8, 4) is 0 Å². The molecule has 1 saturated carbocycles. The van der Waals surface area contributed by atoms with Gasteiger partial charge in [0.2, 0.25) is 11.8 Å². The second kappa shape index (κ2) is 7.68. The molecule has 1 aromatic rings. The fourth-order valence-corrected chi connectivity index (χ4v) is 3.30. The number of piperidine rings is 1. The third-order valence-electron chi connectivity index (χ3n) is 5.06. The van der Waals surface area contributed by atoms with Crippen LogP contribution in [-0.4, -0.2) is 41.8 Å². The van der Waals surface area contributed by atoms with Crippen LogP contribution in [0.2, 0.25) is 0 Å². The van der Waals surface area contributed by atoms with E-state index in [0.717, 1.165) is 32.1 Å². The molecule has 0 bridgehead atoms. The molecule has 0 aromatic heterocycles. The van der Waals surface area contributed by atoms with E-state index in [1.165, 1.54) is 6.92 Å². The number of benzene rings is 1. The van der Waals surface area contributed by atoms with Gasteiger partial charge in [0, 0.05) is 43.2 Å². The Hall–Kier alpha value is -2.37. The van der Waals surface area contributed by atoms with Crippen LogP contribution in [0.3, 0.4) is 0 Å². The van der Waals surface area contributed by atoms with Crippen LogP contribution in [0.25, 0.3) is 0 Å². The summed E-state index contributed by atoms with van der Waals surface area (Å²) in [6, 6.07) is 7.12.